The van der Waals surface area contributed by atoms with E-state index in [4.69, 9.17) is 0 Å². The minimum absolute atomic E-state index is 0.206. The molecule has 26 heavy (non-hydrogen) atoms. The summed E-state index contributed by atoms with van der Waals surface area (Å²) >= 11 is 1.78. The number of hydrazone groups is 1. The minimum Gasteiger partial charge on any atom is -0.267 e. The molecule has 0 saturated heterocycles. The van der Waals surface area contributed by atoms with Gasteiger partial charge in [-0.25, -0.2) is 5.43 Å². The van der Waals surface area contributed by atoms with Gasteiger partial charge in [-0.3, -0.25) is 4.79 Å². The van der Waals surface area contributed by atoms with E-state index in [1.165, 1.54) is 10.5 Å². The fourth-order valence-electron chi connectivity index (χ4n) is 2.38. The molecule has 0 aliphatic heterocycles. The molecule has 0 atom stereocenters. The molecule has 0 bridgehead atoms. The first-order chi connectivity index (χ1) is 12.7. The highest BCUT2D eigenvalue weighted by Crippen LogP contribution is 2.22. The largest absolute Gasteiger partial charge is 0.271 e. The van der Waals surface area contributed by atoms with Gasteiger partial charge in [-0.2, -0.15) is 5.10 Å². The maximum atomic E-state index is 12.2. The molecule has 0 saturated carbocycles. The fourth-order valence-corrected chi connectivity index (χ4v) is 3.25. The fraction of sp³-hybridized carbons (Fsp3) is 0.0909. The highest BCUT2D eigenvalue weighted by atomic mass is 32.2. The van der Waals surface area contributed by atoms with E-state index in [9.17, 15) is 4.79 Å². The molecule has 3 nitrogen and oxygen atoms in total. The number of nitrogens with one attached hydrogen (secondary N) is 1. The van der Waals surface area contributed by atoms with Crippen molar-refractivity contribution in [1.29, 1.82) is 0 Å². The summed E-state index contributed by atoms with van der Waals surface area (Å²) in [6, 6.07) is 27.7. The van der Waals surface area contributed by atoms with Gasteiger partial charge < -0.3 is 0 Å². The zero-order chi connectivity index (χ0) is 18.2. The topological polar surface area (TPSA) is 41.5 Å². The highest BCUT2D eigenvalue weighted by Gasteiger charge is 2.05. The van der Waals surface area contributed by atoms with Gasteiger partial charge in [-0.1, -0.05) is 60.7 Å². The van der Waals surface area contributed by atoms with Gasteiger partial charge in [-0.15, -0.1) is 11.8 Å². The van der Waals surface area contributed by atoms with Crippen LogP contribution in [0.4, 0.5) is 0 Å². The van der Waals surface area contributed by atoms with Crippen molar-refractivity contribution in [3.8, 4) is 0 Å². The van der Waals surface area contributed by atoms with Crippen LogP contribution in [-0.4, -0.2) is 11.6 Å². The van der Waals surface area contributed by atoms with E-state index in [0.29, 0.717) is 5.56 Å². The van der Waals surface area contributed by atoms with Crippen molar-refractivity contribution < 1.29 is 4.79 Å². The summed E-state index contributed by atoms with van der Waals surface area (Å²) in [5.74, 6) is 0.666. The summed E-state index contributed by atoms with van der Waals surface area (Å²) in [5, 5.41) is 4.18. The molecule has 3 rings (SSSR count). The molecular formula is C22H20N2OS. The molecule has 0 heterocycles. The zero-order valence-electron chi connectivity index (χ0n) is 14.6. The Bertz CT molecular complexity index is 875. The maximum absolute atomic E-state index is 12.2. The van der Waals surface area contributed by atoms with Crippen LogP contribution in [0.3, 0.4) is 0 Å². The molecule has 0 aliphatic carbocycles. The van der Waals surface area contributed by atoms with Gasteiger partial charge in [0.1, 0.15) is 0 Å². The SMILES string of the molecule is C/C(=N/NC(=O)c1ccc(CSc2ccccc2)cc1)c1ccccc1. The number of thioether (sulfide) groups is 1. The normalized spacial score (nSPS) is 11.2. The number of nitrogens with zero attached hydrogens (tertiary/aromatic N) is 1. The first-order valence-electron chi connectivity index (χ1n) is 8.39. The van der Waals surface area contributed by atoms with Crippen LogP contribution in [0.25, 0.3) is 0 Å². The van der Waals surface area contributed by atoms with Crippen molar-refractivity contribution in [2.45, 2.75) is 17.6 Å². The van der Waals surface area contributed by atoms with E-state index in [0.717, 1.165) is 17.0 Å². The van der Waals surface area contributed by atoms with Crippen molar-refractivity contribution in [2.75, 3.05) is 0 Å². The average Bonchev–Trinajstić information content (AvgIpc) is 2.72. The lowest BCUT2D eigenvalue weighted by Gasteiger charge is -2.05. The third-order valence-corrected chi connectivity index (χ3v) is 4.96. The Hall–Kier alpha value is -2.85. The van der Waals surface area contributed by atoms with Gasteiger partial charge in [0.05, 0.1) is 5.71 Å². The molecule has 130 valence electrons. The second kappa shape index (κ2) is 9.02. The second-order valence-electron chi connectivity index (χ2n) is 5.80. The Morgan fingerprint density at radius 2 is 1.46 bits per heavy atom. The van der Waals surface area contributed by atoms with Crippen LogP contribution in [0.1, 0.15) is 28.4 Å². The molecule has 0 spiro atoms. The molecule has 1 N–H and O–H groups in total. The summed E-state index contributed by atoms with van der Waals surface area (Å²) in [6.45, 7) is 1.87. The Morgan fingerprint density at radius 1 is 0.846 bits per heavy atom. The van der Waals surface area contributed by atoms with E-state index in [2.05, 4.69) is 22.7 Å². The quantitative estimate of drug-likeness (QED) is 0.376. The van der Waals surface area contributed by atoms with Gasteiger partial charge in [0.15, 0.2) is 0 Å². The number of hydrogen-bond acceptors (Lipinski definition) is 3. The highest BCUT2D eigenvalue weighted by molar-refractivity contribution is 7.98. The smallest absolute Gasteiger partial charge is 0.267 e. The molecule has 0 aromatic heterocycles. The van der Waals surface area contributed by atoms with Crippen LogP contribution >= 0.6 is 11.8 Å². The summed E-state index contributed by atoms with van der Waals surface area (Å²) < 4.78 is 0. The van der Waals surface area contributed by atoms with Crippen LogP contribution in [0.15, 0.2) is 94.9 Å². The number of carbonyl (C=O) groups is 1. The molecule has 0 aliphatic rings. The number of carbonyl (C=O) groups excluding carboxylic acids is 1. The Kier molecular flexibility index (Phi) is 6.23. The Balaban J connectivity index is 1.57. The Labute approximate surface area is 158 Å². The molecule has 1 amide bonds. The lowest BCUT2D eigenvalue weighted by atomic mass is 10.1. The van der Waals surface area contributed by atoms with E-state index < -0.39 is 0 Å². The minimum atomic E-state index is -0.206. The van der Waals surface area contributed by atoms with Crippen molar-refractivity contribution in [2.24, 2.45) is 5.10 Å². The zero-order valence-corrected chi connectivity index (χ0v) is 15.4. The molecule has 3 aromatic carbocycles. The van der Waals surface area contributed by atoms with Crippen LogP contribution in [0, 0.1) is 0 Å². The number of benzene rings is 3. The van der Waals surface area contributed by atoms with Crippen molar-refractivity contribution in [3.05, 3.63) is 102 Å². The standard InChI is InChI=1S/C22H20N2OS/c1-17(19-8-4-2-5-9-19)23-24-22(25)20-14-12-18(13-15-20)16-26-21-10-6-3-7-11-21/h2-15H,16H2,1H3,(H,24,25)/b23-17-. The van der Waals surface area contributed by atoms with Crippen molar-refractivity contribution in [3.63, 3.8) is 0 Å². The molecule has 0 fully saturated rings. The average molecular weight is 360 g/mol. The number of hydrogen-bond donors (Lipinski definition) is 1. The van der Waals surface area contributed by atoms with Gasteiger partial charge in [0, 0.05) is 16.2 Å². The van der Waals surface area contributed by atoms with Gasteiger partial charge >= 0.3 is 0 Å². The van der Waals surface area contributed by atoms with Crippen molar-refractivity contribution >= 4 is 23.4 Å². The predicted octanol–water partition coefficient (Wildman–Crippen LogP) is 5.13. The van der Waals surface area contributed by atoms with Crippen LogP contribution in [0.2, 0.25) is 0 Å². The second-order valence-corrected chi connectivity index (χ2v) is 6.85. The van der Waals surface area contributed by atoms with E-state index in [-0.39, 0.29) is 5.91 Å². The van der Waals surface area contributed by atoms with E-state index in [1.54, 1.807) is 11.8 Å². The summed E-state index contributed by atoms with van der Waals surface area (Å²) in [7, 11) is 0. The van der Waals surface area contributed by atoms with Gasteiger partial charge in [0.2, 0.25) is 0 Å². The van der Waals surface area contributed by atoms with Gasteiger partial charge in [-0.05, 0) is 42.3 Å². The van der Waals surface area contributed by atoms with Crippen molar-refractivity contribution in [1.82, 2.24) is 5.43 Å². The van der Waals surface area contributed by atoms with E-state index in [1.807, 2.05) is 79.7 Å². The first kappa shape index (κ1) is 18.0. The number of amides is 1. The molecule has 4 heteroatoms. The molecule has 0 unspecified atom stereocenters. The first-order valence-corrected chi connectivity index (χ1v) is 9.38. The van der Waals surface area contributed by atoms with Crippen LogP contribution in [0.5, 0.6) is 0 Å². The summed E-state index contributed by atoms with van der Waals surface area (Å²) in [6.07, 6.45) is 0. The Morgan fingerprint density at radius 3 is 2.12 bits per heavy atom. The van der Waals surface area contributed by atoms with E-state index >= 15 is 0 Å². The van der Waals surface area contributed by atoms with Crippen LogP contribution in [-0.2, 0) is 5.75 Å². The molecular weight excluding hydrogens is 340 g/mol. The summed E-state index contributed by atoms with van der Waals surface area (Å²) in [4.78, 5) is 13.5. The maximum Gasteiger partial charge on any atom is 0.271 e. The third kappa shape index (κ3) is 5.07. The molecule has 0 radical (unpaired) electrons. The lowest BCUT2D eigenvalue weighted by molar-refractivity contribution is 0.0955. The monoisotopic (exact) mass is 360 g/mol. The van der Waals surface area contributed by atoms with Gasteiger partial charge in [0.25, 0.3) is 5.91 Å². The van der Waals surface area contributed by atoms with Crippen LogP contribution < -0.4 is 5.43 Å². The summed E-state index contributed by atoms with van der Waals surface area (Å²) in [5.41, 5.74) is 6.16. The molecule has 3 aromatic rings. The predicted molar refractivity (Wildman–Crippen MR) is 109 cm³/mol. The third-order valence-electron chi connectivity index (χ3n) is 3.88. The lowest BCUT2D eigenvalue weighted by Crippen LogP contribution is -2.19. The number of rotatable bonds is 6.